The van der Waals surface area contributed by atoms with E-state index in [-0.39, 0.29) is 5.91 Å². The monoisotopic (exact) mass is 228 g/mol. The third kappa shape index (κ3) is 2.00. The number of hydrogen-bond donors (Lipinski definition) is 1. The third-order valence-electron chi connectivity index (χ3n) is 3.33. The summed E-state index contributed by atoms with van der Waals surface area (Å²) in [5.41, 5.74) is 5.20. The average Bonchev–Trinajstić information content (AvgIpc) is 2.13. The van der Waals surface area contributed by atoms with Crippen molar-refractivity contribution in [2.75, 3.05) is 13.1 Å². The Labute approximate surface area is 97.0 Å². The van der Waals surface area contributed by atoms with Crippen molar-refractivity contribution in [2.45, 2.75) is 33.6 Å². The van der Waals surface area contributed by atoms with Gasteiger partial charge in [-0.15, -0.1) is 0 Å². The molecule has 1 saturated carbocycles. The van der Waals surface area contributed by atoms with Crippen LogP contribution in [0.25, 0.3) is 0 Å². The minimum atomic E-state index is -0.527. The summed E-state index contributed by atoms with van der Waals surface area (Å²) in [5.74, 6) is 0.684. The summed E-state index contributed by atoms with van der Waals surface area (Å²) in [6.45, 7) is 7.56. The number of carbonyl (C=O) groups excluding carboxylic acids is 1. The minimum Gasteiger partial charge on any atom is -0.392 e. The topological polar surface area (TPSA) is 46.3 Å². The predicted octanol–water partition coefficient (Wildman–Crippen LogP) is 1.56. The summed E-state index contributed by atoms with van der Waals surface area (Å²) < 4.78 is 0. The molecule has 4 heteroatoms. The van der Waals surface area contributed by atoms with Gasteiger partial charge in [-0.05, 0) is 32.6 Å². The van der Waals surface area contributed by atoms with Gasteiger partial charge in [0.1, 0.15) is 0 Å². The predicted molar refractivity (Wildman–Crippen MR) is 65.5 cm³/mol. The van der Waals surface area contributed by atoms with Gasteiger partial charge in [-0.1, -0.05) is 19.1 Å². The Morgan fingerprint density at radius 3 is 2.20 bits per heavy atom. The first-order valence-electron chi connectivity index (χ1n) is 5.57. The summed E-state index contributed by atoms with van der Waals surface area (Å²) in [4.78, 5) is 14.5. The highest BCUT2D eigenvalue weighted by atomic mass is 32.1. The van der Waals surface area contributed by atoms with Gasteiger partial charge in [0.2, 0.25) is 5.91 Å². The lowest BCUT2D eigenvalue weighted by Crippen LogP contribution is -2.56. The second-order valence-corrected chi connectivity index (χ2v) is 4.88. The fraction of sp³-hybridized carbons (Fsp3) is 0.818. The SMILES string of the molecule is CCN(CC)C(=O)C1(C(N)=S)CC(C)C1. The third-order valence-corrected chi connectivity index (χ3v) is 3.72. The van der Waals surface area contributed by atoms with Crippen molar-refractivity contribution < 1.29 is 4.79 Å². The van der Waals surface area contributed by atoms with Crippen LogP contribution in [0.5, 0.6) is 0 Å². The van der Waals surface area contributed by atoms with Crippen molar-refractivity contribution in [1.29, 1.82) is 0 Å². The molecule has 0 radical (unpaired) electrons. The van der Waals surface area contributed by atoms with Crippen LogP contribution in [0.1, 0.15) is 33.6 Å². The van der Waals surface area contributed by atoms with Crippen LogP contribution in [-0.2, 0) is 4.79 Å². The zero-order valence-corrected chi connectivity index (χ0v) is 10.6. The number of amides is 1. The van der Waals surface area contributed by atoms with E-state index in [1.54, 1.807) is 0 Å². The Morgan fingerprint density at radius 1 is 1.47 bits per heavy atom. The second kappa shape index (κ2) is 4.47. The van der Waals surface area contributed by atoms with Gasteiger partial charge in [0.05, 0.1) is 10.4 Å². The zero-order valence-electron chi connectivity index (χ0n) is 9.75. The molecule has 0 aromatic carbocycles. The van der Waals surface area contributed by atoms with Crippen LogP contribution in [0.15, 0.2) is 0 Å². The lowest BCUT2D eigenvalue weighted by Gasteiger charge is -2.46. The lowest BCUT2D eigenvalue weighted by atomic mass is 9.61. The molecule has 86 valence electrons. The van der Waals surface area contributed by atoms with Gasteiger partial charge < -0.3 is 10.6 Å². The normalized spacial score (nSPS) is 29.4. The molecule has 0 unspecified atom stereocenters. The van der Waals surface area contributed by atoms with Gasteiger partial charge in [0.25, 0.3) is 0 Å². The van der Waals surface area contributed by atoms with Gasteiger partial charge >= 0.3 is 0 Å². The number of thiocarbonyl (C=S) groups is 1. The van der Waals surface area contributed by atoms with E-state index in [0.717, 1.165) is 25.9 Å². The summed E-state index contributed by atoms with van der Waals surface area (Å²) in [6, 6.07) is 0. The molecular formula is C11H20N2OS. The first-order chi connectivity index (χ1) is 6.97. The quantitative estimate of drug-likeness (QED) is 0.743. The Kier molecular flexibility index (Phi) is 3.71. The molecule has 0 saturated heterocycles. The molecule has 0 aromatic rings. The van der Waals surface area contributed by atoms with Crippen LogP contribution < -0.4 is 5.73 Å². The smallest absolute Gasteiger partial charge is 0.235 e. The van der Waals surface area contributed by atoms with Gasteiger partial charge in [0, 0.05) is 13.1 Å². The molecule has 0 aromatic heterocycles. The summed E-state index contributed by atoms with van der Waals surface area (Å²) >= 11 is 5.06. The number of carbonyl (C=O) groups is 1. The summed E-state index contributed by atoms with van der Waals surface area (Å²) in [6.07, 6.45) is 1.63. The van der Waals surface area contributed by atoms with Crippen LogP contribution >= 0.6 is 12.2 Å². The zero-order chi connectivity index (χ0) is 11.6. The summed E-state index contributed by atoms with van der Waals surface area (Å²) in [7, 11) is 0. The van der Waals surface area contributed by atoms with E-state index in [0.29, 0.717) is 10.9 Å². The van der Waals surface area contributed by atoms with Gasteiger partial charge in [-0.25, -0.2) is 0 Å². The molecule has 1 aliphatic rings. The molecule has 3 nitrogen and oxygen atoms in total. The van der Waals surface area contributed by atoms with Crippen molar-refractivity contribution in [2.24, 2.45) is 17.1 Å². The van der Waals surface area contributed by atoms with Crippen LogP contribution in [0.4, 0.5) is 0 Å². The molecule has 1 rings (SSSR count). The molecule has 2 N–H and O–H groups in total. The largest absolute Gasteiger partial charge is 0.392 e. The van der Waals surface area contributed by atoms with E-state index in [1.165, 1.54) is 0 Å². The molecule has 0 aliphatic heterocycles. The molecule has 1 amide bonds. The molecule has 1 fully saturated rings. The van der Waals surface area contributed by atoms with E-state index in [1.807, 2.05) is 18.7 Å². The highest BCUT2D eigenvalue weighted by Gasteiger charge is 2.52. The van der Waals surface area contributed by atoms with Crippen LogP contribution in [0.3, 0.4) is 0 Å². The van der Waals surface area contributed by atoms with E-state index in [4.69, 9.17) is 18.0 Å². The van der Waals surface area contributed by atoms with Crippen LogP contribution in [0, 0.1) is 11.3 Å². The summed E-state index contributed by atoms with van der Waals surface area (Å²) in [5, 5.41) is 0. The van der Waals surface area contributed by atoms with Gasteiger partial charge in [-0.2, -0.15) is 0 Å². The van der Waals surface area contributed by atoms with E-state index in [2.05, 4.69) is 6.92 Å². The van der Waals surface area contributed by atoms with E-state index >= 15 is 0 Å². The maximum absolute atomic E-state index is 12.3. The van der Waals surface area contributed by atoms with Crippen LogP contribution in [0.2, 0.25) is 0 Å². The van der Waals surface area contributed by atoms with Crippen molar-refractivity contribution in [3.63, 3.8) is 0 Å². The standard InChI is InChI=1S/C11H20N2OS/c1-4-13(5-2)10(14)11(9(12)15)6-8(3)7-11/h8H,4-7H2,1-3H3,(H2,12,15). The first kappa shape index (κ1) is 12.4. The fourth-order valence-electron chi connectivity index (χ4n) is 2.42. The van der Waals surface area contributed by atoms with Gasteiger partial charge in [-0.3, -0.25) is 4.79 Å². The Balaban J connectivity index is 2.83. The van der Waals surface area contributed by atoms with Crippen molar-refractivity contribution >= 4 is 23.1 Å². The fourth-order valence-corrected chi connectivity index (χ4v) is 2.68. The maximum atomic E-state index is 12.3. The molecule has 0 heterocycles. The van der Waals surface area contributed by atoms with Crippen LogP contribution in [-0.4, -0.2) is 28.9 Å². The highest BCUT2D eigenvalue weighted by molar-refractivity contribution is 7.80. The Hall–Kier alpha value is -0.640. The molecular weight excluding hydrogens is 208 g/mol. The average molecular weight is 228 g/mol. The number of hydrogen-bond acceptors (Lipinski definition) is 2. The molecule has 1 aliphatic carbocycles. The van der Waals surface area contributed by atoms with Gasteiger partial charge in [0.15, 0.2) is 0 Å². The second-order valence-electron chi connectivity index (χ2n) is 4.44. The Morgan fingerprint density at radius 2 is 1.93 bits per heavy atom. The molecule has 15 heavy (non-hydrogen) atoms. The molecule has 0 spiro atoms. The Bertz CT molecular complexity index is 268. The maximum Gasteiger partial charge on any atom is 0.235 e. The van der Waals surface area contributed by atoms with Crippen molar-refractivity contribution in [3.8, 4) is 0 Å². The number of rotatable bonds is 4. The molecule has 0 atom stereocenters. The first-order valence-corrected chi connectivity index (χ1v) is 5.98. The number of nitrogens with zero attached hydrogens (tertiary/aromatic N) is 1. The van der Waals surface area contributed by atoms with E-state index < -0.39 is 5.41 Å². The number of nitrogens with two attached hydrogens (primary N) is 1. The highest BCUT2D eigenvalue weighted by Crippen LogP contribution is 2.47. The van der Waals surface area contributed by atoms with E-state index in [9.17, 15) is 4.79 Å². The minimum absolute atomic E-state index is 0.123. The molecule has 0 bridgehead atoms. The lowest BCUT2D eigenvalue weighted by molar-refractivity contribution is -0.143. The van der Waals surface area contributed by atoms with Crippen molar-refractivity contribution in [1.82, 2.24) is 4.90 Å². The van der Waals surface area contributed by atoms with Crippen molar-refractivity contribution in [3.05, 3.63) is 0 Å².